The van der Waals surface area contributed by atoms with E-state index in [1.54, 1.807) is 6.92 Å². The van der Waals surface area contributed by atoms with Crippen molar-refractivity contribution in [3.8, 4) is 0 Å². The Morgan fingerprint density at radius 2 is 1.81 bits per heavy atom. The highest BCUT2D eigenvalue weighted by Gasteiger charge is 2.44. The summed E-state index contributed by atoms with van der Waals surface area (Å²) in [7, 11) is 0. The van der Waals surface area contributed by atoms with Crippen molar-refractivity contribution in [2.45, 2.75) is 57.1 Å². The summed E-state index contributed by atoms with van der Waals surface area (Å²) < 4.78 is 10.5. The second-order valence-electron chi connectivity index (χ2n) is 4.05. The van der Waals surface area contributed by atoms with Crippen LogP contribution in [0.2, 0.25) is 0 Å². The average molecular weight is 236 g/mol. The fraction of sp³-hybridized carbons (Fsp3) is 1.00. The van der Waals surface area contributed by atoms with Gasteiger partial charge < -0.3 is 29.9 Å². The fourth-order valence-electron chi connectivity index (χ4n) is 1.50. The zero-order valence-electron chi connectivity index (χ0n) is 9.48. The topological polar surface area (TPSA) is 99.4 Å². The van der Waals surface area contributed by atoms with Gasteiger partial charge in [0, 0.05) is 0 Å². The Kier molecular flexibility index (Phi) is 5.10. The summed E-state index contributed by atoms with van der Waals surface area (Å²) in [6.07, 6.45) is -5.36. The first-order valence-corrected chi connectivity index (χ1v) is 5.47. The molecule has 0 spiro atoms. The summed E-state index contributed by atoms with van der Waals surface area (Å²) in [6, 6.07) is 0. The minimum Gasteiger partial charge on any atom is -0.394 e. The van der Waals surface area contributed by atoms with Crippen molar-refractivity contribution < 1.29 is 29.9 Å². The van der Waals surface area contributed by atoms with Crippen LogP contribution in [-0.4, -0.2) is 63.8 Å². The van der Waals surface area contributed by atoms with E-state index in [9.17, 15) is 15.3 Å². The van der Waals surface area contributed by atoms with Crippen LogP contribution < -0.4 is 0 Å². The molecule has 16 heavy (non-hydrogen) atoms. The molecule has 1 saturated heterocycles. The van der Waals surface area contributed by atoms with Gasteiger partial charge in [-0.3, -0.25) is 0 Å². The standard InChI is InChI=1S/C10H20O6/c1-3-5(2)15-10-9(14)8(13)7(12)6(4-11)16-10/h5-14H,3-4H2,1-2H3/t5?,6?,7-,8?,9-,10-/m0/s1. The maximum absolute atomic E-state index is 9.62. The van der Waals surface area contributed by atoms with Crippen molar-refractivity contribution in [1.29, 1.82) is 0 Å². The van der Waals surface area contributed by atoms with Crippen molar-refractivity contribution in [2.24, 2.45) is 0 Å². The second kappa shape index (κ2) is 5.90. The number of hydrogen-bond donors (Lipinski definition) is 4. The van der Waals surface area contributed by atoms with Gasteiger partial charge in [-0.05, 0) is 13.3 Å². The smallest absolute Gasteiger partial charge is 0.186 e. The van der Waals surface area contributed by atoms with E-state index >= 15 is 0 Å². The van der Waals surface area contributed by atoms with Crippen LogP contribution >= 0.6 is 0 Å². The Balaban J connectivity index is 2.63. The van der Waals surface area contributed by atoms with E-state index in [1.807, 2.05) is 6.92 Å². The summed E-state index contributed by atoms with van der Waals surface area (Å²) in [5, 5.41) is 37.6. The number of aliphatic hydroxyl groups is 4. The third-order valence-corrected chi connectivity index (χ3v) is 2.79. The summed E-state index contributed by atoms with van der Waals surface area (Å²) in [5.41, 5.74) is 0. The van der Waals surface area contributed by atoms with Crippen LogP contribution in [-0.2, 0) is 9.47 Å². The third kappa shape index (κ3) is 2.91. The van der Waals surface area contributed by atoms with Crippen LogP contribution in [0.15, 0.2) is 0 Å². The molecule has 0 aromatic carbocycles. The zero-order valence-corrected chi connectivity index (χ0v) is 9.48. The fourth-order valence-corrected chi connectivity index (χ4v) is 1.50. The number of ether oxygens (including phenoxy) is 2. The molecule has 3 unspecified atom stereocenters. The Morgan fingerprint density at radius 1 is 1.19 bits per heavy atom. The number of aliphatic hydroxyl groups excluding tert-OH is 4. The molecule has 0 radical (unpaired) electrons. The predicted molar refractivity (Wildman–Crippen MR) is 54.6 cm³/mol. The third-order valence-electron chi connectivity index (χ3n) is 2.79. The molecule has 6 heteroatoms. The molecule has 0 bridgehead atoms. The van der Waals surface area contributed by atoms with Gasteiger partial charge in [0.15, 0.2) is 6.29 Å². The van der Waals surface area contributed by atoms with Crippen molar-refractivity contribution in [3.05, 3.63) is 0 Å². The lowest BCUT2D eigenvalue weighted by Crippen LogP contribution is -2.59. The van der Waals surface area contributed by atoms with Crippen molar-refractivity contribution >= 4 is 0 Å². The van der Waals surface area contributed by atoms with Crippen LogP contribution in [0.4, 0.5) is 0 Å². The minimum atomic E-state index is -1.38. The van der Waals surface area contributed by atoms with Crippen LogP contribution in [0.1, 0.15) is 20.3 Å². The van der Waals surface area contributed by atoms with E-state index in [4.69, 9.17) is 14.6 Å². The Labute approximate surface area is 94.4 Å². The van der Waals surface area contributed by atoms with Crippen LogP contribution in [0.3, 0.4) is 0 Å². The molecule has 6 atom stereocenters. The monoisotopic (exact) mass is 236 g/mol. The summed E-state index contributed by atoms with van der Waals surface area (Å²) in [5.74, 6) is 0. The highest BCUT2D eigenvalue weighted by molar-refractivity contribution is 4.89. The molecular formula is C10H20O6. The zero-order chi connectivity index (χ0) is 12.3. The van der Waals surface area contributed by atoms with Crippen LogP contribution in [0, 0.1) is 0 Å². The Bertz CT molecular complexity index is 209. The van der Waals surface area contributed by atoms with Crippen LogP contribution in [0.25, 0.3) is 0 Å². The Morgan fingerprint density at radius 3 is 2.31 bits per heavy atom. The maximum atomic E-state index is 9.62. The summed E-state index contributed by atoms with van der Waals surface area (Å²) >= 11 is 0. The lowest BCUT2D eigenvalue weighted by molar-refractivity contribution is -0.310. The van der Waals surface area contributed by atoms with E-state index in [-0.39, 0.29) is 6.10 Å². The van der Waals surface area contributed by atoms with Gasteiger partial charge in [-0.15, -0.1) is 0 Å². The van der Waals surface area contributed by atoms with E-state index in [2.05, 4.69) is 0 Å². The molecule has 1 aliphatic rings. The average Bonchev–Trinajstić information content (AvgIpc) is 2.29. The van der Waals surface area contributed by atoms with E-state index in [0.29, 0.717) is 0 Å². The molecule has 0 aromatic rings. The van der Waals surface area contributed by atoms with E-state index in [1.165, 1.54) is 0 Å². The molecule has 0 aromatic heterocycles. The molecule has 1 rings (SSSR count). The van der Waals surface area contributed by atoms with Crippen LogP contribution in [0.5, 0.6) is 0 Å². The summed E-state index contributed by atoms with van der Waals surface area (Å²) in [4.78, 5) is 0. The SMILES string of the molecule is CCC(C)O[C@H]1OC(CO)[C@H](O)C(O)[C@@H]1O. The van der Waals surface area contributed by atoms with Gasteiger partial charge >= 0.3 is 0 Å². The molecule has 1 aliphatic heterocycles. The second-order valence-corrected chi connectivity index (χ2v) is 4.05. The minimum absolute atomic E-state index is 0.138. The van der Waals surface area contributed by atoms with Gasteiger partial charge in [-0.2, -0.15) is 0 Å². The van der Waals surface area contributed by atoms with E-state index < -0.39 is 37.3 Å². The molecule has 1 heterocycles. The molecule has 96 valence electrons. The first-order chi connectivity index (χ1) is 7.51. The van der Waals surface area contributed by atoms with Crippen molar-refractivity contribution in [3.63, 3.8) is 0 Å². The Hall–Kier alpha value is -0.240. The van der Waals surface area contributed by atoms with Gasteiger partial charge in [0.2, 0.25) is 0 Å². The van der Waals surface area contributed by atoms with E-state index in [0.717, 1.165) is 6.42 Å². The van der Waals surface area contributed by atoms with Gasteiger partial charge in [0.1, 0.15) is 24.4 Å². The first kappa shape index (κ1) is 13.8. The molecule has 4 N–H and O–H groups in total. The van der Waals surface area contributed by atoms with Crippen molar-refractivity contribution in [1.82, 2.24) is 0 Å². The quantitative estimate of drug-likeness (QED) is 0.479. The largest absolute Gasteiger partial charge is 0.394 e. The van der Waals surface area contributed by atoms with Gasteiger partial charge in [0.25, 0.3) is 0 Å². The molecular weight excluding hydrogens is 216 g/mol. The molecule has 0 amide bonds. The van der Waals surface area contributed by atoms with Crippen molar-refractivity contribution in [2.75, 3.05) is 6.61 Å². The normalized spacial score (nSPS) is 42.0. The van der Waals surface area contributed by atoms with Gasteiger partial charge in [0.05, 0.1) is 12.7 Å². The molecule has 0 aliphatic carbocycles. The molecule has 6 nitrogen and oxygen atoms in total. The highest BCUT2D eigenvalue weighted by Crippen LogP contribution is 2.23. The highest BCUT2D eigenvalue weighted by atomic mass is 16.7. The predicted octanol–water partition coefficient (Wildman–Crippen LogP) is -1.40. The first-order valence-electron chi connectivity index (χ1n) is 5.47. The summed E-state index contributed by atoms with van der Waals surface area (Å²) in [6.45, 7) is 3.28. The number of hydrogen-bond acceptors (Lipinski definition) is 6. The number of rotatable bonds is 4. The lowest BCUT2D eigenvalue weighted by Gasteiger charge is -2.40. The molecule has 0 saturated carbocycles. The molecule has 1 fully saturated rings. The van der Waals surface area contributed by atoms with Gasteiger partial charge in [-0.1, -0.05) is 6.92 Å². The van der Waals surface area contributed by atoms with Gasteiger partial charge in [-0.25, -0.2) is 0 Å². The maximum Gasteiger partial charge on any atom is 0.186 e. The lowest BCUT2D eigenvalue weighted by atomic mass is 9.99.